The Hall–Kier alpha value is -1.98. The van der Waals surface area contributed by atoms with E-state index in [1.54, 1.807) is 0 Å². The summed E-state index contributed by atoms with van der Waals surface area (Å²) in [6.07, 6.45) is 19.6. The number of hydrogen-bond donors (Lipinski definition) is 1. The summed E-state index contributed by atoms with van der Waals surface area (Å²) in [6.45, 7) is 2.26. The molecule has 0 unspecified atom stereocenters. The number of carbonyl (C=O) groups is 1. The predicted molar refractivity (Wildman–Crippen MR) is 109 cm³/mol. The lowest BCUT2D eigenvalue weighted by Crippen LogP contribution is -2.27. The van der Waals surface area contributed by atoms with Gasteiger partial charge in [0.15, 0.2) is 11.2 Å². The Morgan fingerprint density at radius 1 is 0.889 bits per heavy atom. The molecule has 0 aliphatic heterocycles. The molecule has 0 fully saturated rings. The van der Waals surface area contributed by atoms with Crippen LogP contribution in [0.4, 0.5) is 0 Å². The van der Waals surface area contributed by atoms with Gasteiger partial charge in [0.1, 0.15) is 6.33 Å². The van der Waals surface area contributed by atoms with E-state index in [1.165, 1.54) is 76.9 Å². The third-order valence-corrected chi connectivity index (χ3v) is 5.11. The van der Waals surface area contributed by atoms with Gasteiger partial charge in [-0.2, -0.15) is 0 Å². The molecule has 150 valence electrons. The van der Waals surface area contributed by atoms with E-state index in [9.17, 15) is 9.59 Å². The summed E-state index contributed by atoms with van der Waals surface area (Å²) < 4.78 is 1.10. The highest BCUT2D eigenvalue weighted by atomic mass is 16.2. The van der Waals surface area contributed by atoms with Crippen molar-refractivity contribution in [2.24, 2.45) is 0 Å². The fourth-order valence-corrected chi connectivity index (χ4v) is 3.42. The van der Waals surface area contributed by atoms with Crippen molar-refractivity contribution in [3.8, 4) is 0 Å². The number of H-pyrrole nitrogens is 1. The van der Waals surface area contributed by atoms with Crippen LogP contribution in [0.5, 0.6) is 0 Å². The zero-order valence-corrected chi connectivity index (χ0v) is 16.7. The molecule has 6 heteroatoms. The smallest absolute Gasteiger partial charge is 0.286 e. The van der Waals surface area contributed by atoms with Crippen molar-refractivity contribution >= 4 is 17.1 Å². The van der Waals surface area contributed by atoms with E-state index >= 15 is 0 Å². The van der Waals surface area contributed by atoms with Crippen LogP contribution < -0.4 is 5.56 Å². The van der Waals surface area contributed by atoms with Crippen LogP contribution in [0.15, 0.2) is 17.4 Å². The molecule has 0 aliphatic rings. The van der Waals surface area contributed by atoms with Gasteiger partial charge in [-0.05, 0) is 6.42 Å². The van der Waals surface area contributed by atoms with Gasteiger partial charge in [-0.1, -0.05) is 84.0 Å². The lowest BCUT2D eigenvalue weighted by Gasteiger charge is -2.04. The zero-order valence-electron chi connectivity index (χ0n) is 16.7. The Balaban J connectivity index is 1.50. The van der Waals surface area contributed by atoms with Crippen LogP contribution in [0.2, 0.25) is 0 Å². The van der Waals surface area contributed by atoms with Gasteiger partial charge in [0.05, 0.1) is 6.33 Å². The average molecular weight is 375 g/mol. The van der Waals surface area contributed by atoms with Crippen LogP contribution in [0.3, 0.4) is 0 Å². The molecule has 1 N–H and O–H groups in total. The molecule has 0 radical (unpaired) electrons. The molecule has 2 rings (SSSR count). The fraction of sp³-hybridized carbons (Fsp3) is 0.714. The molecular formula is C21H34N4O2. The highest BCUT2D eigenvalue weighted by Gasteiger charge is 2.11. The highest BCUT2D eigenvalue weighted by molar-refractivity contribution is 5.81. The molecule has 2 aromatic heterocycles. The summed E-state index contributed by atoms with van der Waals surface area (Å²) >= 11 is 0. The summed E-state index contributed by atoms with van der Waals surface area (Å²) in [4.78, 5) is 35.1. The molecule has 27 heavy (non-hydrogen) atoms. The number of carbonyl (C=O) groups excluding carboxylic acids is 1. The van der Waals surface area contributed by atoms with E-state index in [4.69, 9.17) is 0 Å². The molecule has 6 nitrogen and oxygen atoms in total. The Morgan fingerprint density at radius 3 is 2.04 bits per heavy atom. The zero-order chi connectivity index (χ0) is 19.3. The standard InChI is InChI=1S/C21H34N4O2/c1-2-3-4-5-6-7-8-9-10-11-12-13-14-15-18(26)25-17-24-20-19(21(25)27)22-16-23-20/h16-17H,2-15H2,1H3,(H,22,23). The quantitative estimate of drug-likeness (QED) is 0.458. The summed E-state index contributed by atoms with van der Waals surface area (Å²) in [5.74, 6) is -0.188. The number of nitrogens with one attached hydrogen (secondary N) is 1. The Bertz CT molecular complexity index is 735. The van der Waals surface area contributed by atoms with Crippen molar-refractivity contribution in [3.63, 3.8) is 0 Å². The van der Waals surface area contributed by atoms with E-state index < -0.39 is 0 Å². The minimum absolute atomic E-state index is 0.188. The van der Waals surface area contributed by atoms with Crippen LogP contribution in [-0.2, 0) is 0 Å². The normalized spacial score (nSPS) is 11.3. The molecular weight excluding hydrogens is 340 g/mol. The monoisotopic (exact) mass is 374 g/mol. The van der Waals surface area contributed by atoms with Crippen molar-refractivity contribution in [2.45, 2.75) is 96.8 Å². The first-order chi connectivity index (χ1) is 13.2. The third-order valence-electron chi connectivity index (χ3n) is 5.11. The average Bonchev–Trinajstić information content (AvgIpc) is 3.15. The number of rotatable bonds is 14. The molecule has 0 aromatic carbocycles. The molecule has 0 amide bonds. The van der Waals surface area contributed by atoms with Gasteiger partial charge in [0, 0.05) is 6.42 Å². The minimum atomic E-state index is -0.364. The number of aromatic amines is 1. The van der Waals surface area contributed by atoms with E-state index in [0.29, 0.717) is 12.1 Å². The van der Waals surface area contributed by atoms with Crippen molar-refractivity contribution < 1.29 is 4.79 Å². The largest absolute Gasteiger partial charge is 0.339 e. The SMILES string of the molecule is CCCCCCCCCCCCCCCC(=O)n1cnc2nc[nH]c2c1=O. The van der Waals surface area contributed by atoms with Crippen molar-refractivity contribution in [3.05, 3.63) is 23.0 Å². The summed E-state index contributed by atoms with van der Waals surface area (Å²) in [6, 6.07) is 0. The Kier molecular flexibility index (Phi) is 9.80. The minimum Gasteiger partial charge on any atom is -0.339 e. The highest BCUT2D eigenvalue weighted by Crippen LogP contribution is 2.13. The van der Waals surface area contributed by atoms with Gasteiger partial charge in [0.25, 0.3) is 5.56 Å². The van der Waals surface area contributed by atoms with Crippen LogP contribution >= 0.6 is 0 Å². The van der Waals surface area contributed by atoms with Crippen LogP contribution in [0.1, 0.15) is 102 Å². The van der Waals surface area contributed by atoms with Crippen LogP contribution in [0.25, 0.3) is 11.2 Å². The van der Waals surface area contributed by atoms with E-state index in [0.717, 1.165) is 23.8 Å². The van der Waals surface area contributed by atoms with Gasteiger partial charge < -0.3 is 4.98 Å². The molecule has 0 bridgehead atoms. The second-order valence-corrected chi connectivity index (χ2v) is 7.41. The van der Waals surface area contributed by atoms with Crippen LogP contribution in [-0.4, -0.2) is 25.4 Å². The summed E-state index contributed by atoms with van der Waals surface area (Å²) in [5, 5.41) is 0. The first kappa shape index (κ1) is 21.3. The molecule has 0 saturated carbocycles. The maximum Gasteiger partial charge on any atom is 0.286 e. The van der Waals surface area contributed by atoms with Crippen molar-refractivity contribution in [1.82, 2.24) is 19.5 Å². The maximum absolute atomic E-state index is 12.2. The number of nitrogens with zero attached hydrogens (tertiary/aromatic N) is 3. The van der Waals surface area contributed by atoms with Crippen molar-refractivity contribution in [2.75, 3.05) is 0 Å². The Morgan fingerprint density at radius 2 is 1.44 bits per heavy atom. The second kappa shape index (κ2) is 12.4. The lowest BCUT2D eigenvalue weighted by atomic mass is 10.0. The maximum atomic E-state index is 12.2. The third kappa shape index (κ3) is 7.27. The van der Waals surface area contributed by atoms with Crippen molar-refractivity contribution in [1.29, 1.82) is 0 Å². The fourth-order valence-electron chi connectivity index (χ4n) is 3.42. The lowest BCUT2D eigenvalue weighted by molar-refractivity contribution is 0.0894. The Labute approximate surface area is 161 Å². The van der Waals surface area contributed by atoms with Gasteiger partial charge in [-0.3, -0.25) is 9.59 Å². The topological polar surface area (TPSA) is 80.6 Å². The molecule has 2 aromatic rings. The first-order valence-corrected chi connectivity index (χ1v) is 10.7. The number of hydrogen-bond acceptors (Lipinski definition) is 4. The molecule has 2 heterocycles. The second-order valence-electron chi connectivity index (χ2n) is 7.41. The van der Waals surface area contributed by atoms with Crippen LogP contribution in [0, 0.1) is 0 Å². The predicted octanol–water partition coefficient (Wildman–Crippen LogP) is 5.24. The van der Waals surface area contributed by atoms with E-state index in [-0.39, 0.29) is 17.0 Å². The van der Waals surface area contributed by atoms with Gasteiger partial charge in [-0.15, -0.1) is 0 Å². The number of aromatic nitrogens is 4. The van der Waals surface area contributed by atoms with Gasteiger partial charge >= 0.3 is 0 Å². The molecule has 0 atom stereocenters. The molecule has 0 aliphatic carbocycles. The van der Waals surface area contributed by atoms with Gasteiger partial charge in [0.2, 0.25) is 5.91 Å². The summed E-state index contributed by atoms with van der Waals surface area (Å²) in [7, 11) is 0. The molecule has 0 spiro atoms. The number of unbranched alkanes of at least 4 members (excludes halogenated alkanes) is 12. The first-order valence-electron chi connectivity index (χ1n) is 10.7. The number of fused-ring (bicyclic) bond motifs is 1. The van der Waals surface area contributed by atoms with E-state index in [1.807, 2.05) is 0 Å². The van der Waals surface area contributed by atoms with Gasteiger partial charge in [-0.25, -0.2) is 14.5 Å². The number of imidazole rings is 1. The molecule has 0 saturated heterocycles. The summed E-state index contributed by atoms with van der Waals surface area (Å²) in [5.41, 5.74) is 0.276. The van der Waals surface area contributed by atoms with E-state index in [2.05, 4.69) is 21.9 Å².